The van der Waals surface area contributed by atoms with Crippen molar-refractivity contribution in [1.29, 1.82) is 0 Å². The number of hydrogen-bond acceptors (Lipinski definition) is 7. The van der Waals surface area contributed by atoms with Crippen molar-refractivity contribution in [2.75, 3.05) is 18.1 Å². The van der Waals surface area contributed by atoms with Crippen molar-refractivity contribution in [1.82, 2.24) is 14.7 Å². The minimum atomic E-state index is -4.17. The summed E-state index contributed by atoms with van der Waals surface area (Å²) in [7, 11) is -4.17. The summed E-state index contributed by atoms with van der Waals surface area (Å²) in [5, 5.41) is -0.273. The number of nitrogens with one attached hydrogen (secondary N) is 1. The van der Waals surface area contributed by atoms with Gasteiger partial charge in [0.1, 0.15) is 5.82 Å². The van der Waals surface area contributed by atoms with Crippen molar-refractivity contribution < 1.29 is 17.9 Å². The van der Waals surface area contributed by atoms with Crippen molar-refractivity contribution in [3.63, 3.8) is 0 Å². The quantitative estimate of drug-likeness (QED) is 0.717. The van der Waals surface area contributed by atoms with Crippen LogP contribution in [0.2, 0.25) is 0 Å². The fourth-order valence-corrected chi connectivity index (χ4v) is 4.74. The van der Waals surface area contributed by atoms with Gasteiger partial charge in [-0.15, -0.1) is 0 Å². The first-order valence-corrected chi connectivity index (χ1v) is 11.5. The molecule has 1 amide bonds. The molecule has 0 aliphatic carbocycles. The Labute approximate surface area is 177 Å². The fraction of sp³-hybridized carbons (Fsp3) is 0.476. The van der Waals surface area contributed by atoms with Crippen LogP contribution in [0, 0.1) is 5.92 Å². The molecule has 1 aliphatic rings. The second-order valence-corrected chi connectivity index (χ2v) is 9.83. The average Bonchev–Trinajstić information content (AvgIpc) is 2.98. The van der Waals surface area contributed by atoms with Crippen molar-refractivity contribution in [2.45, 2.75) is 51.1 Å². The lowest BCUT2D eigenvalue weighted by Gasteiger charge is -2.33. The number of sulfonamides is 1. The van der Waals surface area contributed by atoms with Gasteiger partial charge in [-0.05, 0) is 50.8 Å². The molecule has 30 heavy (non-hydrogen) atoms. The van der Waals surface area contributed by atoms with Crippen molar-refractivity contribution in [3.05, 3.63) is 42.1 Å². The van der Waals surface area contributed by atoms with E-state index < -0.39 is 15.9 Å². The zero-order chi connectivity index (χ0) is 21.9. The predicted molar refractivity (Wildman–Crippen MR) is 114 cm³/mol. The van der Waals surface area contributed by atoms with E-state index in [4.69, 9.17) is 4.74 Å². The molecule has 1 unspecified atom stereocenters. The highest BCUT2D eigenvalue weighted by atomic mass is 32.2. The third kappa shape index (κ3) is 4.72. The molecule has 0 radical (unpaired) electrons. The normalized spacial score (nSPS) is 18.3. The first kappa shape index (κ1) is 22.0. The van der Waals surface area contributed by atoms with E-state index in [1.54, 1.807) is 24.4 Å². The van der Waals surface area contributed by atoms with Gasteiger partial charge in [0, 0.05) is 24.3 Å². The standard InChI is InChI=1S/C21H28N4O4S/c1-5-12-29-17-9-6-10-18(23-17)30(27,28)24-20(26)16-8-7-11-22-19(16)25-14-15(2)13-21(25,3)4/h6-11,15H,5,12-14H2,1-4H3,(H,24,26). The highest BCUT2D eigenvalue weighted by Crippen LogP contribution is 2.37. The fourth-order valence-electron chi connectivity index (χ4n) is 3.81. The number of anilines is 1. The molecule has 162 valence electrons. The summed E-state index contributed by atoms with van der Waals surface area (Å²) in [5.74, 6) is 0.376. The summed E-state index contributed by atoms with van der Waals surface area (Å²) in [5.41, 5.74) is 0.0235. The molecule has 1 saturated heterocycles. The Morgan fingerprint density at radius 2 is 2.07 bits per heavy atom. The number of rotatable bonds is 7. The van der Waals surface area contributed by atoms with Crippen LogP contribution in [0.15, 0.2) is 41.6 Å². The zero-order valence-electron chi connectivity index (χ0n) is 17.8. The Morgan fingerprint density at radius 1 is 1.30 bits per heavy atom. The molecule has 9 heteroatoms. The molecule has 0 spiro atoms. The van der Waals surface area contributed by atoms with Crippen LogP contribution in [0.3, 0.4) is 0 Å². The number of carbonyl (C=O) groups is 1. The maximum absolute atomic E-state index is 12.9. The third-order valence-electron chi connectivity index (χ3n) is 5.01. The molecule has 3 heterocycles. The Morgan fingerprint density at radius 3 is 2.73 bits per heavy atom. The lowest BCUT2D eigenvalue weighted by atomic mass is 9.97. The molecule has 3 rings (SSSR count). The molecule has 1 N–H and O–H groups in total. The zero-order valence-corrected chi connectivity index (χ0v) is 18.6. The van der Waals surface area contributed by atoms with Gasteiger partial charge in [-0.2, -0.15) is 13.4 Å². The SMILES string of the molecule is CCCOc1cccc(S(=O)(=O)NC(=O)c2cccnc2N2CC(C)CC2(C)C)n1. The molecular weight excluding hydrogens is 404 g/mol. The van der Waals surface area contributed by atoms with Crippen LogP contribution < -0.4 is 14.4 Å². The highest BCUT2D eigenvalue weighted by Gasteiger charge is 2.39. The highest BCUT2D eigenvalue weighted by molar-refractivity contribution is 7.90. The first-order chi connectivity index (χ1) is 14.1. The summed E-state index contributed by atoms with van der Waals surface area (Å²) < 4.78 is 33.1. The summed E-state index contributed by atoms with van der Waals surface area (Å²) in [6.45, 7) is 9.44. The molecule has 2 aromatic rings. The van der Waals surface area contributed by atoms with Gasteiger partial charge in [0.05, 0.1) is 12.2 Å². The number of nitrogens with zero attached hydrogens (tertiary/aromatic N) is 3. The number of amides is 1. The van der Waals surface area contributed by atoms with Gasteiger partial charge in [0.15, 0.2) is 5.03 Å². The number of carbonyl (C=O) groups excluding carboxylic acids is 1. The summed E-state index contributed by atoms with van der Waals surface area (Å²) in [6, 6.07) is 7.63. The number of aromatic nitrogens is 2. The lowest BCUT2D eigenvalue weighted by molar-refractivity contribution is 0.0981. The minimum Gasteiger partial charge on any atom is -0.478 e. The Kier molecular flexibility index (Phi) is 6.30. The Hall–Kier alpha value is -2.68. The van der Waals surface area contributed by atoms with Crippen LogP contribution in [0.25, 0.3) is 0 Å². The molecule has 1 fully saturated rings. The van der Waals surface area contributed by atoms with Crippen LogP contribution in [0.4, 0.5) is 5.82 Å². The summed E-state index contributed by atoms with van der Waals surface area (Å²) in [4.78, 5) is 23.4. The maximum Gasteiger partial charge on any atom is 0.281 e. The Bertz CT molecular complexity index is 1020. The van der Waals surface area contributed by atoms with E-state index in [-0.39, 0.29) is 22.0 Å². The smallest absolute Gasteiger partial charge is 0.281 e. The van der Waals surface area contributed by atoms with E-state index in [1.807, 2.05) is 6.92 Å². The molecule has 8 nitrogen and oxygen atoms in total. The maximum atomic E-state index is 12.9. The van der Waals surface area contributed by atoms with Crippen molar-refractivity contribution in [2.24, 2.45) is 5.92 Å². The van der Waals surface area contributed by atoms with E-state index in [0.29, 0.717) is 18.3 Å². The van der Waals surface area contributed by atoms with Gasteiger partial charge in [-0.25, -0.2) is 9.71 Å². The van der Waals surface area contributed by atoms with Crippen molar-refractivity contribution >= 4 is 21.7 Å². The molecule has 1 atom stereocenters. The monoisotopic (exact) mass is 432 g/mol. The van der Waals surface area contributed by atoms with Crippen LogP contribution in [-0.2, 0) is 10.0 Å². The van der Waals surface area contributed by atoms with E-state index >= 15 is 0 Å². The van der Waals surface area contributed by atoms with Gasteiger partial charge >= 0.3 is 0 Å². The molecule has 0 aromatic carbocycles. The topological polar surface area (TPSA) is 101 Å². The van der Waals surface area contributed by atoms with Gasteiger partial charge in [-0.3, -0.25) is 4.79 Å². The van der Waals surface area contributed by atoms with Crippen LogP contribution in [0.5, 0.6) is 5.88 Å². The lowest BCUT2D eigenvalue weighted by Crippen LogP contribution is -2.41. The van der Waals surface area contributed by atoms with Crippen LogP contribution >= 0.6 is 0 Å². The number of ether oxygens (including phenoxy) is 1. The second kappa shape index (κ2) is 8.59. The minimum absolute atomic E-state index is 0.186. The first-order valence-electron chi connectivity index (χ1n) is 10.0. The largest absolute Gasteiger partial charge is 0.478 e. The number of hydrogen-bond donors (Lipinski definition) is 1. The van der Waals surface area contributed by atoms with Crippen LogP contribution in [-0.4, -0.2) is 43.0 Å². The van der Waals surface area contributed by atoms with E-state index in [2.05, 4.69) is 40.4 Å². The molecule has 0 saturated carbocycles. The van der Waals surface area contributed by atoms with Crippen molar-refractivity contribution in [3.8, 4) is 5.88 Å². The molecule has 2 aromatic heterocycles. The summed E-state index contributed by atoms with van der Waals surface area (Å²) in [6.07, 6.45) is 3.33. The molecule has 1 aliphatic heterocycles. The second-order valence-electron chi connectivity index (χ2n) is 8.20. The van der Waals surface area contributed by atoms with Gasteiger partial charge in [0.25, 0.3) is 15.9 Å². The number of pyridine rings is 2. The summed E-state index contributed by atoms with van der Waals surface area (Å²) >= 11 is 0. The van der Waals surface area contributed by atoms with E-state index in [9.17, 15) is 13.2 Å². The molecular formula is C21H28N4O4S. The average molecular weight is 433 g/mol. The Balaban J connectivity index is 1.86. The molecule has 0 bridgehead atoms. The third-order valence-corrected chi connectivity index (χ3v) is 6.25. The van der Waals surface area contributed by atoms with E-state index in [0.717, 1.165) is 19.4 Å². The van der Waals surface area contributed by atoms with Gasteiger partial charge in [0.2, 0.25) is 5.88 Å². The van der Waals surface area contributed by atoms with Gasteiger partial charge in [-0.1, -0.05) is 19.9 Å². The van der Waals surface area contributed by atoms with Gasteiger partial charge < -0.3 is 9.64 Å². The predicted octanol–water partition coefficient (Wildman–Crippen LogP) is 3.01. The van der Waals surface area contributed by atoms with Crippen LogP contribution in [0.1, 0.15) is 50.9 Å². The van der Waals surface area contributed by atoms with E-state index in [1.165, 1.54) is 12.1 Å².